The molecule has 24 heavy (non-hydrogen) atoms. The van der Waals surface area contributed by atoms with Gasteiger partial charge in [-0.15, -0.1) is 0 Å². The summed E-state index contributed by atoms with van der Waals surface area (Å²) in [5, 5.41) is 8.72. The lowest BCUT2D eigenvalue weighted by molar-refractivity contribution is -0.136. The lowest BCUT2D eigenvalue weighted by Gasteiger charge is -2.12. The van der Waals surface area contributed by atoms with Gasteiger partial charge < -0.3 is 19.3 Å². The van der Waals surface area contributed by atoms with Gasteiger partial charge in [-0.1, -0.05) is 6.07 Å². The van der Waals surface area contributed by atoms with Crippen molar-refractivity contribution in [2.45, 2.75) is 12.8 Å². The second kappa shape index (κ2) is 8.76. The molecule has 0 saturated heterocycles. The van der Waals surface area contributed by atoms with E-state index in [-0.39, 0.29) is 12.2 Å². The van der Waals surface area contributed by atoms with Crippen LogP contribution in [0.3, 0.4) is 0 Å². The van der Waals surface area contributed by atoms with Gasteiger partial charge in [-0.3, -0.25) is 4.79 Å². The summed E-state index contributed by atoms with van der Waals surface area (Å²) in [7, 11) is 1.53. The van der Waals surface area contributed by atoms with Crippen LogP contribution in [0.1, 0.15) is 12.0 Å². The Morgan fingerprint density at radius 1 is 1.04 bits per heavy atom. The second-order valence-electron chi connectivity index (χ2n) is 5.03. The fourth-order valence-electron chi connectivity index (χ4n) is 2.08. The monoisotopic (exact) mass is 334 g/mol. The predicted molar refractivity (Wildman–Crippen MR) is 86.3 cm³/mol. The van der Waals surface area contributed by atoms with Crippen LogP contribution in [0.2, 0.25) is 0 Å². The number of hydrogen-bond donors (Lipinski definition) is 1. The highest BCUT2D eigenvalue weighted by molar-refractivity contribution is 5.67. The maximum absolute atomic E-state index is 12.8. The van der Waals surface area contributed by atoms with E-state index < -0.39 is 5.97 Å². The van der Waals surface area contributed by atoms with E-state index in [1.54, 1.807) is 24.3 Å². The molecule has 0 heterocycles. The second-order valence-corrected chi connectivity index (χ2v) is 5.03. The van der Waals surface area contributed by atoms with Crippen LogP contribution >= 0.6 is 0 Å². The van der Waals surface area contributed by atoms with Gasteiger partial charge in [-0.2, -0.15) is 0 Å². The third-order valence-electron chi connectivity index (χ3n) is 3.28. The molecular formula is C18H19FO5. The van der Waals surface area contributed by atoms with E-state index in [2.05, 4.69) is 0 Å². The molecule has 1 N–H and O–H groups in total. The van der Waals surface area contributed by atoms with Crippen LogP contribution in [0, 0.1) is 5.82 Å². The average Bonchev–Trinajstić information content (AvgIpc) is 2.59. The molecule has 0 aliphatic carbocycles. The molecule has 128 valence electrons. The molecule has 0 saturated carbocycles. The Hall–Kier alpha value is -2.76. The van der Waals surface area contributed by atoms with Gasteiger partial charge in [0.1, 0.15) is 24.8 Å². The van der Waals surface area contributed by atoms with Crippen molar-refractivity contribution in [2.24, 2.45) is 0 Å². The first-order valence-electron chi connectivity index (χ1n) is 7.48. The molecule has 2 aromatic carbocycles. The van der Waals surface area contributed by atoms with Gasteiger partial charge >= 0.3 is 5.97 Å². The van der Waals surface area contributed by atoms with Crippen LogP contribution in [-0.2, 0) is 11.2 Å². The summed E-state index contributed by atoms with van der Waals surface area (Å²) in [4.78, 5) is 10.6. The third kappa shape index (κ3) is 5.46. The summed E-state index contributed by atoms with van der Waals surface area (Å²) >= 11 is 0. The molecule has 0 radical (unpaired) electrons. The molecule has 0 amide bonds. The lowest BCUT2D eigenvalue weighted by atomic mass is 10.1. The van der Waals surface area contributed by atoms with E-state index >= 15 is 0 Å². The molecule has 0 unspecified atom stereocenters. The molecule has 0 atom stereocenters. The molecule has 0 bridgehead atoms. The zero-order valence-electron chi connectivity index (χ0n) is 13.3. The first-order chi connectivity index (χ1) is 11.6. The van der Waals surface area contributed by atoms with Gasteiger partial charge in [0.25, 0.3) is 0 Å². The molecule has 0 aliphatic rings. The lowest BCUT2D eigenvalue weighted by Crippen LogP contribution is -2.09. The summed E-state index contributed by atoms with van der Waals surface area (Å²) in [6, 6.07) is 11.1. The van der Waals surface area contributed by atoms with E-state index in [1.807, 2.05) is 6.07 Å². The molecule has 0 fully saturated rings. The van der Waals surface area contributed by atoms with Crippen LogP contribution < -0.4 is 14.2 Å². The minimum absolute atomic E-state index is 0.0644. The van der Waals surface area contributed by atoms with Gasteiger partial charge in [-0.05, 0) is 48.4 Å². The highest BCUT2D eigenvalue weighted by atomic mass is 19.1. The third-order valence-corrected chi connectivity index (χ3v) is 3.28. The number of aryl methyl sites for hydroxylation is 1. The van der Waals surface area contributed by atoms with E-state index in [0.29, 0.717) is 36.9 Å². The molecular weight excluding hydrogens is 315 g/mol. The SMILES string of the molecule is COc1cc(CCC(=O)O)ccc1OCCOc1ccc(F)cc1. The zero-order chi connectivity index (χ0) is 17.4. The predicted octanol–water partition coefficient (Wildman–Crippen LogP) is 3.31. The Labute approximate surface area is 139 Å². The number of halogens is 1. The van der Waals surface area contributed by atoms with Crippen LogP contribution in [-0.4, -0.2) is 31.4 Å². The Balaban J connectivity index is 1.85. The average molecular weight is 334 g/mol. The van der Waals surface area contributed by atoms with E-state index in [1.165, 1.54) is 19.2 Å². The number of benzene rings is 2. The van der Waals surface area contributed by atoms with Crippen LogP contribution in [0.5, 0.6) is 17.2 Å². The normalized spacial score (nSPS) is 10.2. The van der Waals surface area contributed by atoms with Crippen molar-refractivity contribution in [3.63, 3.8) is 0 Å². The van der Waals surface area contributed by atoms with E-state index in [4.69, 9.17) is 19.3 Å². The topological polar surface area (TPSA) is 65.0 Å². The van der Waals surface area contributed by atoms with Gasteiger partial charge in [0, 0.05) is 6.42 Å². The summed E-state index contributed by atoms with van der Waals surface area (Å²) in [5.74, 6) is 0.508. The van der Waals surface area contributed by atoms with Gasteiger partial charge in [-0.25, -0.2) is 4.39 Å². The number of carboxylic acids is 1. The van der Waals surface area contributed by atoms with E-state index in [0.717, 1.165) is 5.56 Å². The van der Waals surface area contributed by atoms with Crippen LogP contribution in [0.15, 0.2) is 42.5 Å². The smallest absolute Gasteiger partial charge is 0.303 e. The molecule has 2 rings (SSSR count). The molecule has 6 heteroatoms. The Morgan fingerprint density at radius 2 is 1.75 bits per heavy atom. The summed E-state index contributed by atoms with van der Waals surface area (Å²) in [6.07, 6.45) is 0.495. The van der Waals surface area contributed by atoms with Gasteiger partial charge in [0.15, 0.2) is 11.5 Å². The van der Waals surface area contributed by atoms with Gasteiger partial charge in [0.05, 0.1) is 7.11 Å². The van der Waals surface area contributed by atoms with Crippen molar-refractivity contribution < 1.29 is 28.5 Å². The zero-order valence-corrected chi connectivity index (χ0v) is 13.3. The van der Waals surface area contributed by atoms with Crippen molar-refractivity contribution in [3.05, 3.63) is 53.8 Å². The number of methoxy groups -OCH3 is 1. The quantitative estimate of drug-likeness (QED) is 0.713. The summed E-state index contributed by atoms with van der Waals surface area (Å²) in [6.45, 7) is 0.595. The Morgan fingerprint density at radius 3 is 2.42 bits per heavy atom. The maximum Gasteiger partial charge on any atom is 0.303 e. The number of rotatable bonds is 9. The number of carbonyl (C=O) groups is 1. The maximum atomic E-state index is 12.8. The number of hydrogen-bond acceptors (Lipinski definition) is 4. The van der Waals surface area contributed by atoms with Crippen molar-refractivity contribution >= 4 is 5.97 Å². The van der Waals surface area contributed by atoms with E-state index in [9.17, 15) is 9.18 Å². The highest BCUT2D eigenvalue weighted by Gasteiger charge is 2.07. The molecule has 0 aromatic heterocycles. The van der Waals surface area contributed by atoms with Crippen molar-refractivity contribution in [1.82, 2.24) is 0 Å². The Bertz CT molecular complexity index is 670. The fraction of sp³-hybridized carbons (Fsp3) is 0.278. The molecule has 2 aromatic rings. The Kier molecular flexibility index (Phi) is 6.42. The fourth-order valence-corrected chi connectivity index (χ4v) is 2.08. The molecule has 0 aliphatic heterocycles. The first kappa shape index (κ1) is 17.6. The first-order valence-corrected chi connectivity index (χ1v) is 7.48. The minimum atomic E-state index is -0.841. The van der Waals surface area contributed by atoms with Crippen LogP contribution in [0.4, 0.5) is 4.39 Å². The van der Waals surface area contributed by atoms with Crippen LogP contribution in [0.25, 0.3) is 0 Å². The standard InChI is InChI=1S/C18H19FO5/c1-22-17-12-13(3-9-18(20)21)2-8-16(17)24-11-10-23-15-6-4-14(19)5-7-15/h2,4-8,12H,3,9-11H2,1H3,(H,20,21). The molecule has 0 spiro atoms. The summed E-state index contributed by atoms with van der Waals surface area (Å²) in [5.41, 5.74) is 0.865. The molecule has 5 nitrogen and oxygen atoms in total. The van der Waals surface area contributed by atoms with Gasteiger partial charge in [0.2, 0.25) is 0 Å². The summed E-state index contributed by atoms with van der Waals surface area (Å²) < 4.78 is 29.1. The number of carboxylic acid groups (broad SMARTS) is 1. The van der Waals surface area contributed by atoms with Crippen molar-refractivity contribution in [2.75, 3.05) is 20.3 Å². The number of ether oxygens (including phenoxy) is 3. The van der Waals surface area contributed by atoms with Crippen molar-refractivity contribution in [1.29, 1.82) is 0 Å². The number of aliphatic carboxylic acids is 1. The largest absolute Gasteiger partial charge is 0.493 e. The minimum Gasteiger partial charge on any atom is -0.493 e. The highest BCUT2D eigenvalue weighted by Crippen LogP contribution is 2.28. The van der Waals surface area contributed by atoms with Crippen molar-refractivity contribution in [3.8, 4) is 17.2 Å².